The van der Waals surface area contributed by atoms with Gasteiger partial charge in [-0.3, -0.25) is 9.59 Å². The molecule has 0 unspecified atom stereocenters. The Hall–Kier alpha value is -2.69. The van der Waals surface area contributed by atoms with Crippen LogP contribution in [0, 0.1) is 17.2 Å². The van der Waals surface area contributed by atoms with Crippen molar-refractivity contribution in [1.82, 2.24) is 4.90 Å². The highest BCUT2D eigenvalue weighted by atomic mass is 19.1. The predicted molar refractivity (Wildman–Crippen MR) is 115 cm³/mol. The van der Waals surface area contributed by atoms with Crippen molar-refractivity contribution < 1.29 is 18.7 Å². The number of ether oxygens (including phenoxy) is 1. The summed E-state index contributed by atoms with van der Waals surface area (Å²) in [5.74, 6) is -0.0419. The summed E-state index contributed by atoms with van der Waals surface area (Å²) in [6.07, 6.45) is 2.03. The van der Waals surface area contributed by atoms with E-state index in [-0.39, 0.29) is 17.7 Å². The van der Waals surface area contributed by atoms with Gasteiger partial charge in [-0.15, -0.1) is 0 Å². The Morgan fingerprint density at radius 1 is 1.00 bits per heavy atom. The molecule has 1 saturated heterocycles. The van der Waals surface area contributed by atoms with Gasteiger partial charge in [-0.05, 0) is 67.5 Å². The smallest absolute Gasteiger partial charge is 0.312 e. The van der Waals surface area contributed by atoms with E-state index in [9.17, 15) is 14.0 Å². The van der Waals surface area contributed by atoms with Crippen LogP contribution in [0.15, 0.2) is 48.5 Å². The van der Waals surface area contributed by atoms with Crippen molar-refractivity contribution in [2.45, 2.75) is 40.0 Å². The molecule has 2 aromatic carbocycles. The van der Waals surface area contributed by atoms with E-state index in [4.69, 9.17) is 4.74 Å². The lowest BCUT2D eigenvalue weighted by Crippen LogP contribution is -2.47. The van der Waals surface area contributed by atoms with Crippen LogP contribution in [0.3, 0.4) is 0 Å². The van der Waals surface area contributed by atoms with E-state index in [1.165, 1.54) is 12.1 Å². The normalized spacial score (nSPS) is 15.8. The molecule has 0 saturated carbocycles. The molecule has 2 aromatic rings. The highest BCUT2D eigenvalue weighted by Gasteiger charge is 2.43. The molecule has 0 bridgehead atoms. The molecule has 160 valence electrons. The molecule has 1 fully saturated rings. The monoisotopic (exact) mass is 411 g/mol. The second-order valence-corrected chi connectivity index (χ2v) is 8.48. The zero-order valence-electron chi connectivity index (χ0n) is 18.0. The molecule has 0 aliphatic carbocycles. The van der Waals surface area contributed by atoms with Gasteiger partial charge < -0.3 is 9.64 Å². The third-order valence-electron chi connectivity index (χ3n) is 5.82. The van der Waals surface area contributed by atoms with Crippen molar-refractivity contribution >= 4 is 11.9 Å². The Morgan fingerprint density at radius 2 is 1.53 bits per heavy atom. The fourth-order valence-electron chi connectivity index (χ4n) is 4.33. The molecule has 0 atom stereocenters. The Bertz CT molecular complexity index is 866. The topological polar surface area (TPSA) is 46.6 Å². The minimum atomic E-state index is -0.493. The number of likely N-dealkylation sites (tertiary alicyclic amines) is 1. The van der Waals surface area contributed by atoms with Gasteiger partial charge in [0.25, 0.3) is 5.91 Å². The van der Waals surface area contributed by atoms with Gasteiger partial charge in [-0.25, -0.2) is 4.39 Å². The molecule has 5 heteroatoms. The van der Waals surface area contributed by atoms with E-state index >= 15 is 0 Å². The predicted octanol–water partition coefficient (Wildman–Crippen LogP) is 5.32. The maximum Gasteiger partial charge on any atom is 0.312 e. The van der Waals surface area contributed by atoms with Crippen molar-refractivity contribution in [3.05, 3.63) is 59.9 Å². The number of halogens is 1. The second kappa shape index (κ2) is 9.41. The number of nitrogens with zero attached hydrogens (tertiary/aromatic N) is 1. The van der Waals surface area contributed by atoms with Crippen LogP contribution in [-0.4, -0.2) is 36.5 Å². The maximum atomic E-state index is 13.1. The summed E-state index contributed by atoms with van der Waals surface area (Å²) < 4.78 is 18.5. The molecule has 0 aromatic heterocycles. The Balaban J connectivity index is 1.68. The van der Waals surface area contributed by atoms with Crippen molar-refractivity contribution in [1.29, 1.82) is 0 Å². The lowest BCUT2D eigenvalue weighted by Gasteiger charge is -2.41. The van der Waals surface area contributed by atoms with Crippen LogP contribution in [0.2, 0.25) is 0 Å². The molecule has 0 N–H and O–H groups in total. The first-order valence-corrected chi connectivity index (χ1v) is 10.7. The zero-order chi connectivity index (χ0) is 21.7. The number of hydrogen-bond acceptors (Lipinski definition) is 3. The Labute approximate surface area is 178 Å². The van der Waals surface area contributed by atoms with Crippen LogP contribution in [0.1, 0.15) is 50.4 Å². The lowest BCUT2D eigenvalue weighted by atomic mass is 9.72. The van der Waals surface area contributed by atoms with Gasteiger partial charge >= 0.3 is 5.97 Å². The SMILES string of the molecule is CCOC(=O)C1(CC(C)C)CCN(C(=O)c2ccc(-c3ccc(F)cc3)cc2)CC1. The van der Waals surface area contributed by atoms with Gasteiger partial charge in [0.1, 0.15) is 5.82 Å². The molecule has 1 amide bonds. The van der Waals surface area contributed by atoms with Gasteiger partial charge in [0.05, 0.1) is 12.0 Å². The molecule has 0 spiro atoms. The van der Waals surface area contributed by atoms with E-state index in [1.54, 1.807) is 12.1 Å². The standard InChI is InChI=1S/C25H30FNO3/c1-4-30-24(29)25(17-18(2)3)13-15-27(16-14-25)23(28)21-7-5-19(6-8-21)20-9-11-22(26)12-10-20/h5-12,18H,4,13-17H2,1-3H3. The fraction of sp³-hybridized carbons (Fsp3) is 0.440. The number of carbonyl (C=O) groups is 2. The highest BCUT2D eigenvalue weighted by Crippen LogP contribution is 2.39. The summed E-state index contributed by atoms with van der Waals surface area (Å²) in [4.78, 5) is 27.5. The first-order chi connectivity index (χ1) is 14.3. The molecule has 3 rings (SSSR count). The van der Waals surface area contributed by atoms with Crippen molar-refractivity contribution in [3.63, 3.8) is 0 Å². The summed E-state index contributed by atoms with van der Waals surface area (Å²) in [6.45, 7) is 7.52. The lowest BCUT2D eigenvalue weighted by molar-refractivity contribution is -0.159. The zero-order valence-corrected chi connectivity index (χ0v) is 18.0. The van der Waals surface area contributed by atoms with Gasteiger partial charge in [0.15, 0.2) is 0 Å². The average molecular weight is 412 g/mol. The van der Waals surface area contributed by atoms with Crippen LogP contribution in [0.4, 0.5) is 4.39 Å². The summed E-state index contributed by atoms with van der Waals surface area (Å²) in [7, 11) is 0. The number of carbonyl (C=O) groups excluding carboxylic acids is 2. The third kappa shape index (κ3) is 4.89. The van der Waals surface area contributed by atoms with Gasteiger partial charge in [0, 0.05) is 18.7 Å². The second-order valence-electron chi connectivity index (χ2n) is 8.48. The van der Waals surface area contributed by atoms with E-state index in [1.807, 2.05) is 36.1 Å². The van der Waals surface area contributed by atoms with Crippen LogP contribution < -0.4 is 0 Å². The van der Waals surface area contributed by atoms with Crippen molar-refractivity contribution in [2.24, 2.45) is 11.3 Å². The summed E-state index contributed by atoms with van der Waals surface area (Å²) in [6, 6.07) is 13.7. The van der Waals surface area contributed by atoms with Crippen molar-refractivity contribution in [3.8, 4) is 11.1 Å². The molecule has 0 radical (unpaired) electrons. The van der Waals surface area contributed by atoms with E-state index in [0.29, 0.717) is 44.0 Å². The van der Waals surface area contributed by atoms with Gasteiger partial charge in [-0.2, -0.15) is 0 Å². The van der Waals surface area contributed by atoms with Gasteiger partial charge in [-0.1, -0.05) is 38.1 Å². The summed E-state index contributed by atoms with van der Waals surface area (Å²) in [5.41, 5.74) is 1.96. The minimum absolute atomic E-state index is 0.0253. The van der Waals surface area contributed by atoms with Crippen LogP contribution >= 0.6 is 0 Å². The number of hydrogen-bond donors (Lipinski definition) is 0. The summed E-state index contributed by atoms with van der Waals surface area (Å²) in [5, 5.41) is 0. The van der Waals surface area contributed by atoms with E-state index in [0.717, 1.165) is 17.5 Å². The fourth-order valence-corrected chi connectivity index (χ4v) is 4.33. The van der Waals surface area contributed by atoms with Crippen LogP contribution in [0.25, 0.3) is 11.1 Å². The van der Waals surface area contributed by atoms with Gasteiger partial charge in [0.2, 0.25) is 0 Å². The largest absolute Gasteiger partial charge is 0.466 e. The number of esters is 1. The quantitative estimate of drug-likeness (QED) is 0.604. The number of amides is 1. The molecular weight excluding hydrogens is 381 g/mol. The molecular formula is C25H30FNO3. The molecule has 1 heterocycles. The first kappa shape index (κ1) is 22.0. The number of rotatable bonds is 6. The van der Waals surface area contributed by atoms with Crippen molar-refractivity contribution in [2.75, 3.05) is 19.7 Å². The average Bonchev–Trinajstić information content (AvgIpc) is 2.74. The third-order valence-corrected chi connectivity index (χ3v) is 5.82. The number of benzene rings is 2. The Morgan fingerprint density at radius 3 is 2.03 bits per heavy atom. The minimum Gasteiger partial charge on any atom is -0.466 e. The highest BCUT2D eigenvalue weighted by molar-refractivity contribution is 5.95. The molecule has 4 nitrogen and oxygen atoms in total. The Kier molecular flexibility index (Phi) is 6.91. The maximum absolute atomic E-state index is 13.1. The van der Waals surface area contributed by atoms with Crippen LogP contribution in [0.5, 0.6) is 0 Å². The first-order valence-electron chi connectivity index (χ1n) is 10.7. The molecule has 1 aliphatic rings. The van der Waals surface area contributed by atoms with Crippen LogP contribution in [-0.2, 0) is 9.53 Å². The molecule has 1 aliphatic heterocycles. The van der Waals surface area contributed by atoms with E-state index < -0.39 is 5.41 Å². The number of piperidine rings is 1. The van der Waals surface area contributed by atoms with E-state index in [2.05, 4.69) is 13.8 Å². The summed E-state index contributed by atoms with van der Waals surface area (Å²) >= 11 is 0. The molecule has 30 heavy (non-hydrogen) atoms.